The van der Waals surface area contributed by atoms with Gasteiger partial charge in [-0.3, -0.25) is 9.59 Å². The first-order chi connectivity index (χ1) is 20.1. The lowest BCUT2D eigenvalue weighted by Crippen LogP contribution is -2.64. The molecule has 4 fully saturated rings. The summed E-state index contributed by atoms with van der Waals surface area (Å²) in [5.74, 6) is -0.610. The van der Waals surface area contributed by atoms with Gasteiger partial charge < -0.3 is 25.2 Å². The molecule has 5 heterocycles. The largest absolute Gasteiger partial charge is 0.477 e. The van der Waals surface area contributed by atoms with E-state index in [1.54, 1.807) is 12.3 Å². The van der Waals surface area contributed by atoms with Crippen LogP contribution in [0.15, 0.2) is 30.5 Å². The summed E-state index contributed by atoms with van der Waals surface area (Å²) in [6.07, 6.45) is -0.743. The van der Waals surface area contributed by atoms with E-state index in [-0.39, 0.29) is 35.9 Å². The molecule has 0 bridgehead atoms. The number of aromatic nitrogens is 2. The first kappa shape index (κ1) is 28.7. The summed E-state index contributed by atoms with van der Waals surface area (Å²) >= 11 is 0. The second-order valence-electron chi connectivity index (χ2n) is 12.1. The van der Waals surface area contributed by atoms with Crippen LogP contribution in [0.25, 0.3) is 11.3 Å². The standard InChI is InChI=1S/C30H37F3N6O3/c1-2-42-26-21(6-5-13-35-26)22-7-8-23(24(37-22)25(40)36-20-9-14-34-16-20)38-15-12-28(17-38)18-39(19-28)27(41)29(30(31,32)33)10-3-4-11-29/h5-8,13,20,34H,2-4,9-12,14-19H2,1H3,(H,36,40)/t20-/m1/s1. The molecule has 9 nitrogen and oxygen atoms in total. The van der Waals surface area contributed by atoms with E-state index in [4.69, 9.17) is 9.72 Å². The quantitative estimate of drug-likeness (QED) is 0.509. The number of hydrogen-bond acceptors (Lipinski definition) is 7. The van der Waals surface area contributed by atoms with E-state index in [1.807, 2.05) is 25.1 Å². The zero-order chi connectivity index (χ0) is 29.5. The summed E-state index contributed by atoms with van der Waals surface area (Å²) in [4.78, 5) is 39.4. The molecule has 6 rings (SSSR count). The van der Waals surface area contributed by atoms with Crippen molar-refractivity contribution in [3.63, 3.8) is 0 Å². The van der Waals surface area contributed by atoms with Crippen molar-refractivity contribution < 1.29 is 27.5 Å². The maximum absolute atomic E-state index is 14.0. The molecule has 0 radical (unpaired) electrons. The lowest BCUT2D eigenvalue weighted by atomic mass is 9.75. The van der Waals surface area contributed by atoms with Crippen LogP contribution in [-0.2, 0) is 4.79 Å². The molecule has 1 spiro atoms. The minimum atomic E-state index is -4.54. The first-order valence-corrected chi connectivity index (χ1v) is 14.9. The SMILES string of the molecule is CCOc1ncccc1-c1ccc(N2CCC3(CN(C(=O)C4(C(F)(F)F)CCCC4)C3)C2)c(C(=O)N[C@@H]2CCNC2)n1. The number of halogens is 3. The minimum Gasteiger partial charge on any atom is -0.477 e. The molecule has 2 aromatic rings. The van der Waals surface area contributed by atoms with E-state index in [0.717, 1.165) is 19.4 Å². The highest BCUT2D eigenvalue weighted by molar-refractivity contribution is 5.99. The Hall–Kier alpha value is -3.41. The third-order valence-electron chi connectivity index (χ3n) is 9.34. The van der Waals surface area contributed by atoms with Crippen molar-refractivity contribution in [2.24, 2.45) is 10.8 Å². The predicted molar refractivity (Wildman–Crippen MR) is 150 cm³/mol. The number of amides is 2. The molecule has 3 saturated heterocycles. The van der Waals surface area contributed by atoms with Gasteiger partial charge >= 0.3 is 6.18 Å². The van der Waals surface area contributed by atoms with Crippen molar-refractivity contribution >= 4 is 17.5 Å². The minimum absolute atomic E-state index is 0.000785. The van der Waals surface area contributed by atoms with Crippen LogP contribution in [0.2, 0.25) is 0 Å². The van der Waals surface area contributed by atoms with Crippen molar-refractivity contribution in [2.75, 3.05) is 50.8 Å². The highest BCUT2D eigenvalue weighted by Gasteiger charge is 2.64. The van der Waals surface area contributed by atoms with Crippen molar-refractivity contribution in [2.45, 2.75) is 57.7 Å². The molecule has 2 amide bonds. The average molecular weight is 587 g/mol. The Kier molecular flexibility index (Phi) is 7.53. The number of alkyl halides is 3. The van der Waals surface area contributed by atoms with Gasteiger partial charge in [-0.15, -0.1) is 0 Å². The molecular formula is C30H37F3N6O3. The van der Waals surface area contributed by atoms with E-state index in [2.05, 4.69) is 20.5 Å². The third kappa shape index (κ3) is 5.07. The Bertz CT molecular complexity index is 1330. The van der Waals surface area contributed by atoms with E-state index in [1.165, 1.54) is 4.90 Å². The molecular weight excluding hydrogens is 549 g/mol. The summed E-state index contributed by atoms with van der Waals surface area (Å²) in [6.45, 7) is 5.59. The second-order valence-corrected chi connectivity index (χ2v) is 12.1. The highest BCUT2D eigenvalue weighted by Crippen LogP contribution is 2.53. The summed E-state index contributed by atoms with van der Waals surface area (Å²) in [5, 5.41) is 6.36. The number of anilines is 1. The average Bonchev–Trinajstić information content (AvgIpc) is 3.73. The van der Waals surface area contributed by atoms with Gasteiger partial charge in [0.2, 0.25) is 11.8 Å². The Balaban J connectivity index is 1.23. The number of likely N-dealkylation sites (tertiary alicyclic amines) is 1. The zero-order valence-electron chi connectivity index (χ0n) is 23.8. The Morgan fingerprint density at radius 3 is 2.62 bits per heavy atom. The highest BCUT2D eigenvalue weighted by atomic mass is 19.4. The Labute approximate surface area is 243 Å². The van der Waals surface area contributed by atoms with Gasteiger partial charge in [-0.2, -0.15) is 13.2 Å². The van der Waals surface area contributed by atoms with Crippen LogP contribution in [0, 0.1) is 10.8 Å². The van der Waals surface area contributed by atoms with Crippen LogP contribution in [-0.4, -0.2) is 84.8 Å². The topological polar surface area (TPSA) is 99.7 Å². The fraction of sp³-hybridized carbons (Fsp3) is 0.600. The Morgan fingerprint density at radius 2 is 1.93 bits per heavy atom. The lowest BCUT2D eigenvalue weighted by molar-refractivity contribution is -0.230. The molecule has 226 valence electrons. The fourth-order valence-electron chi connectivity index (χ4n) is 7.10. The van der Waals surface area contributed by atoms with Crippen LogP contribution >= 0.6 is 0 Å². The number of carbonyl (C=O) groups excluding carboxylic acids is 2. The molecule has 1 atom stereocenters. The van der Waals surface area contributed by atoms with Crippen molar-refractivity contribution in [3.8, 4) is 17.1 Å². The number of carbonyl (C=O) groups is 2. The summed E-state index contributed by atoms with van der Waals surface area (Å²) in [5.41, 5.74) is -0.328. The summed E-state index contributed by atoms with van der Waals surface area (Å²) in [6, 6.07) is 7.37. The Morgan fingerprint density at radius 1 is 1.14 bits per heavy atom. The van der Waals surface area contributed by atoms with Crippen molar-refractivity contribution in [3.05, 3.63) is 36.2 Å². The molecule has 12 heteroatoms. The number of nitrogens with zero attached hydrogens (tertiary/aromatic N) is 4. The van der Waals surface area contributed by atoms with Gasteiger partial charge in [0.1, 0.15) is 5.41 Å². The van der Waals surface area contributed by atoms with Gasteiger partial charge in [0.25, 0.3) is 5.91 Å². The molecule has 2 aromatic heterocycles. The van der Waals surface area contributed by atoms with E-state index < -0.39 is 17.5 Å². The second kappa shape index (κ2) is 11.0. The molecule has 0 aromatic carbocycles. The van der Waals surface area contributed by atoms with Gasteiger partial charge in [-0.05, 0) is 63.4 Å². The number of ether oxygens (including phenoxy) is 1. The molecule has 4 aliphatic rings. The van der Waals surface area contributed by atoms with Crippen LogP contribution in [0.3, 0.4) is 0 Å². The third-order valence-corrected chi connectivity index (χ3v) is 9.34. The maximum Gasteiger partial charge on any atom is 0.403 e. The molecule has 1 aliphatic carbocycles. The van der Waals surface area contributed by atoms with Crippen molar-refractivity contribution in [1.82, 2.24) is 25.5 Å². The first-order valence-electron chi connectivity index (χ1n) is 14.9. The van der Waals surface area contributed by atoms with Gasteiger partial charge in [-0.1, -0.05) is 12.8 Å². The zero-order valence-corrected chi connectivity index (χ0v) is 23.8. The van der Waals surface area contributed by atoms with Crippen molar-refractivity contribution in [1.29, 1.82) is 0 Å². The smallest absolute Gasteiger partial charge is 0.403 e. The number of nitrogens with one attached hydrogen (secondary N) is 2. The fourth-order valence-corrected chi connectivity index (χ4v) is 7.10. The molecule has 1 saturated carbocycles. The van der Waals surface area contributed by atoms with Crippen LogP contribution in [0.4, 0.5) is 18.9 Å². The normalized spacial score (nSPS) is 22.8. The van der Waals surface area contributed by atoms with E-state index in [0.29, 0.717) is 75.0 Å². The van der Waals surface area contributed by atoms with Gasteiger partial charge in [0, 0.05) is 50.4 Å². The predicted octanol–water partition coefficient (Wildman–Crippen LogP) is 3.80. The number of rotatable bonds is 7. The van der Waals surface area contributed by atoms with Crippen LogP contribution < -0.4 is 20.3 Å². The molecule has 0 unspecified atom stereocenters. The number of pyridine rings is 2. The van der Waals surface area contributed by atoms with Gasteiger partial charge in [-0.25, -0.2) is 9.97 Å². The van der Waals surface area contributed by atoms with Gasteiger partial charge in [0.05, 0.1) is 23.6 Å². The molecule has 42 heavy (non-hydrogen) atoms. The van der Waals surface area contributed by atoms with Crippen LogP contribution in [0.5, 0.6) is 5.88 Å². The van der Waals surface area contributed by atoms with E-state index in [9.17, 15) is 22.8 Å². The van der Waals surface area contributed by atoms with E-state index >= 15 is 0 Å². The van der Waals surface area contributed by atoms with Crippen LogP contribution in [0.1, 0.15) is 55.9 Å². The maximum atomic E-state index is 14.0. The van der Waals surface area contributed by atoms with Gasteiger partial charge in [0.15, 0.2) is 5.69 Å². The summed E-state index contributed by atoms with van der Waals surface area (Å²) in [7, 11) is 0. The summed E-state index contributed by atoms with van der Waals surface area (Å²) < 4.78 is 47.7. The molecule has 3 aliphatic heterocycles. The molecule has 2 N–H and O–H groups in total. The lowest BCUT2D eigenvalue weighted by Gasteiger charge is -2.51. The number of hydrogen-bond donors (Lipinski definition) is 2. The monoisotopic (exact) mass is 586 g/mol.